The maximum Gasteiger partial charge on any atom is 0.303 e. The minimum absolute atomic E-state index is 0.348. The van der Waals surface area contributed by atoms with E-state index in [0.29, 0.717) is 36.0 Å². The zero-order chi connectivity index (χ0) is 28.0. The minimum Gasteiger partial charge on any atom is -0.462 e. The number of aliphatic hydroxyl groups excluding tert-OH is 1. The highest BCUT2D eigenvalue weighted by Gasteiger charge is 2.64. The highest BCUT2D eigenvalue weighted by Crippen LogP contribution is 2.61. The maximum atomic E-state index is 12.5. The Hall–Kier alpha value is -2.68. The van der Waals surface area contributed by atoms with Gasteiger partial charge in [-0.15, -0.1) is 0 Å². The minimum atomic E-state index is -0.994. The SMILES string of the molecule is C=C1[C@@H]2[C@H](OC(C)=O)[C@@H]3C[C@H](OC(C)=O)C(C)=C([C@@H](OC(C)=O)[C@H](OC(C)=O)[C@@]2(C)CC[C@@H]1O)C3(C)C. The Balaban J connectivity index is 2.43. The molecule has 0 radical (unpaired) electrons. The van der Waals surface area contributed by atoms with Crippen molar-refractivity contribution >= 4 is 23.9 Å². The van der Waals surface area contributed by atoms with Crippen molar-refractivity contribution in [3.63, 3.8) is 0 Å². The molecule has 0 aromatic carbocycles. The van der Waals surface area contributed by atoms with E-state index in [0.717, 1.165) is 0 Å². The largest absolute Gasteiger partial charge is 0.462 e. The van der Waals surface area contributed by atoms with Crippen LogP contribution in [0.3, 0.4) is 0 Å². The average Bonchev–Trinajstić information content (AvgIpc) is 2.74. The number of carbonyl (C=O) groups is 4. The zero-order valence-corrected chi connectivity index (χ0v) is 23.1. The fourth-order valence-corrected chi connectivity index (χ4v) is 7.13. The second-order valence-corrected chi connectivity index (χ2v) is 11.5. The summed E-state index contributed by atoms with van der Waals surface area (Å²) >= 11 is 0. The van der Waals surface area contributed by atoms with Gasteiger partial charge < -0.3 is 24.1 Å². The molecule has 0 aromatic heterocycles. The van der Waals surface area contributed by atoms with Gasteiger partial charge in [0.25, 0.3) is 0 Å². The van der Waals surface area contributed by atoms with Crippen molar-refractivity contribution < 1.29 is 43.2 Å². The number of rotatable bonds is 4. The van der Waals surface area contributed by atoms with Gasteiger partial charge in [-0.3, -0.25) is 19.2 Å². The molecule has 0 unspecified atom stereocenters. The van der Waals surface area contributed by atoms with Gasteiger partial charge in [0.2, 0.25) is 0 Å². The smallest absolute Gasteiger partial charge is 0.303 e. The monoisotopic (exact) mass is 520 g/mol. The van der Waals surface area contributed by atoms with Crippen LogP contribution < -0.4 is 0 Å². The molecule has 206 valence electrons. The molecule has 2 bridgehead atoms. The van der Waals surface area contributed by atoms with Gasteiger partial charge in [-0.25, -0.2) is 0 Å². The van der Waals surface area contributed by atoms with Crippen molar-refractivity contribution in [1.82, 2.24) is 0 Å². The van der Waals surface area contributed by atoms with E-state index in [1.54, 1.807) is 0 Å². The predicted molar refractivity (Wildman–Crippen MR) is 133 cm³/mol. The van der Waals surface area contributed by atoms with Gasteiger partial charge in [0.05, 0.1) is 6.10 Å². The summed E-state index contributed by atoms with van der Waals surface area (Å²) < 4.78 is 23.7. The van der Waals surface area contributed by atoms with Crippen LogP contribution in [-0.4, -0.2) is 59.5 Å². The lowest BCUT2D eigenvalue weighted by Crippen LogP contribution is -2.64. The topological polar surface area (TPSA) is 125 Å². The Bertz CT molecular complexity index is 1020. The van der Waals surface area contributed by atoms with Crippen molar-refractivity contribution in [3.05, 3.63) is 23.3 Å². The number of hydrogen-bond acceptors (Lipinski definition) is 9. The lowest BCUT2D eigenvalue weighted by atomic mass is 9.49. The normalized spacial score (nSPS) is 36.9. The zero-order valence-electron chi connectivity index (χ0n) is 23.1. The number of aliphatic hydroxyl groups is 1. The van der Waals surface area contributed by atoms with Gasteiger partial charge in [-0.2, -0.15) is 0 Å². The molecule has 3 aliphatic carbocycles. The van der Waals surface area contributed by atoms with Crippen LogP contribution in [0.15, 0.2) is 23.3 Å². The summed E-state index contributed by atoms with van der Waals surface area (Å²) in [7, 11) is 0. The standard InChI is InChI=1S/C28H40O9/c1-13-20(33)10-11-28(9)23(13)24(35-16(4)30)19-12-21(34-15(3)29)14(2)22(27(19,7)8)25(36-17(5)31)26(28)37-18(6)32/h19-21,23-26,33H,1,10-12H2,2-9H3/t19-,20-,21-,23+,24+,25+,26-,28-/m0/s1. The molecular weight excluding hydrogens is 480 g/mol. The molecule has 0 amide bonds. The van der Waals surface area contributed by atoms with E-state index in [4.69, 9.17) is 18.9 Å². The average molecular weight is 521 g/mol. The van der Waals surface area contributed by atoms with Crippen molar-refractivity contribution in [3.8, 4) is 0 Å². The number of esters is 4. The Morgan fingerprint density at radius 2 is 1.43 bits per heavy atom. The van der Waals surface area contributed by atoms with Gasteiger partial charge in [0.15, 0.2) is 6.10 Å². The maximum absolute atomic E-state index is 12.5. The van der Waals surface area contributed by atoms with Crippen molar-refractivity contribution in [1.29, 1.82) is 0 Å². The van der Waals surface area contributed by atoms with Crippen LogP contribution in [-0.2, 0) is 38.1 Å². The molecule has 0 spiro atoms. The summed E-state index contributed by atoms with van der Waals surface area (Å²) in [6, 6.07) is 0. The quantitative estimate of drug-likeness (QED) is 0.337. The molecule has 2 fully saturated rings. The molecule has 8 atom stereocenters. The molecule has 0 saturated heterocycles. The van der Waals surface area contributed by atoms with Crippen LogP contribution in [0.5, 0.6) is 0 Å². The van der Waals surface area contributed by atoms with E-state index >= 15 is 0 Å². The Morgan fingerprint density at radius 1 is 0.892 bits per heavy atom. The third-order valence-corrected chi connectivity index (χ3v) is 8.62. The summed E-state index contributed by atoms with van der Waals surface area (Å²) in [4.78, 5) is 49.5. The van der Waals surface area contributed by atoms with Crippen LogP contribution in [0, 0.1) is 22.7 Å². The molecule has 9 heteroatoms. The summed E-state index contributed by atoms with van der Waals surface area (Å²) in [5.41, 5.74) is 0.191. The van der Waals surface area contributed by atoms with Gasteiger partial charge in [-0.05, 0) is 48.3 Å². The van der Waals surface area contributed by atoms with E-state index in [-0.39, 0.29) is 0 Å². The first-order chi connectivity index (χ1) is 17.0. The van der Waals surface area contributed by atoms with E-state index in [9.17, 15) is 24.3 Å². The van der Waals surface area contributed by atoms with E-state index in [1.807, 2.05) is 27.7 Å². The summed E-state index contributed by atoms with van der Waals surface area (Å²) in [5.74, 6) is -3.15. The van der Waals surface area contributed by atoms with E-state index < -0.39 is 77.1 Å². The van der Waals surface area contributed by atoms with E-state index in [2.05, 4.69) is 6.58 Å². The molecule has 1 N–H and O–H groups in total. The second-order valence-electron chi connectivity index (χ2n) is 11.5. The first kappa shape index (κ1) is 28.9. The van der Waals surface area contributed by atoms with Crippen LogP contribution >= 0.6 is 0 Å². The third-order valence-electron chi connectivity index (χ3n) is 8.62. The van der Waals surface area contributed by atoms with Crippen LogP contribution in [0.1, 0.15) is 74.7 Å². The molecule has 2 saturated carbocycles. The number of fused-ring (bicyclic) bond motifs is 3. The van der Waals surface area contributed by atoms with Gasteiger partial charge in [0, 0.05) is 44.9 Å². The first-order valence-electron chi connectivity index (χ1n) is 12.8. The highest BCUT2D eigenvalue weighted by atomic mass is 16.6. The van der Waals surface area contributed by atoms with Crippen LogP contribution in [0.4, 0.5) is 0 Å². The number of hydrogen-bond donors (Lipinski definition) is 1. The van der Waals surface area contributed by atoms with Crippen molar-refractivity contribution in [2.75, 3.05) is 0 Å². The second kappa shape index (κ2) is 10.2. The Labute approximate surface area is 218 Å². The summed E-state index contributed by atoms with van der Waals surface area (Å²) in [6.07, 6.45) is -3.19. The molecule has 3 aliphatic rings. The van der Waals surface area contributed by atoms with Crippen molar-refractivity contribution in [2.24, 2.45) is 22.7 Å². The van der Waals surface area contributed by atoms with Gasteiger partial charge in [-0.1, -0.05) is 27.4 Å². The Kier molecular flexibility index (Phi) is 7.99. The van der Waals surface area contributed by atoms with Gasteiger partial charge in [0.1, 0.15) is 18.3 Å². The molecule has 0 heterocycles. The summed E-state index contributed by atoms with van der Waals surface area (Å²) in [6.45, 7) is 17.1. The number of ether oxygens (including phenoxy) is 4. The molecule has 0 aliphatic heterocycles. The molecular formula is C28H40O9. The van der Waals surface area contributed by atoms with E-state index in [1.165, 1.54) is 27.7 Å². The highest BCUT2D eigenvalue weighted by molar-refractivity contribution is 5.69. The van der Waals surface area contributed by atoms with Crippen LogP contribution in [0.25, 0.3) is 0 Å². The lowest BCUT2D eigenvalue weighted by molar-refractivity contribution is -0.203. The fourth-order valence-electron chi connectivity index (χ4n) is 7.13. The molecule has 3 rings (SSSR count). The predicted octanol–water partition coefficient (Wildman–Crippen LogP) is 3.42. The molecule has 37 heavy (non-hydrogen) atoms. The first-order valence-corrected chi connectivity index (χ1v) is 12.8. The Morgan fingerprint density at radius 3 is 1.95 bits per heavy atom. The van der Waals surface area contributed by atoms with Crippen LogP contribution in [0.2, 0.25) is 0 Å². The fraction of sp³-hybridized carbons (Fsp3) is 0.714. The van der Waals surface area contributed by atoms with Crippen molar-refractivity contribution in [2.45, 2.75) is 105 Å². The lowest BCUT2D eigenvalue weighted by Gasteiger charge is -2.60. The molecule has 0 aromatic rings. The number of carbonyl (C=O) groups excluding carboxylic acids is 4. The molecule has 9 nitrogen and oxygen atoms in total. The third kappa shape index (κ3) is 5.19. The van der Waals surface area contributed by atoms with Gasteiger partial charge >= 0.3 is 23.9 Å². The summed E-state index contributed by atoms with van der Waals surface area (Å²) in [5, 5.41) is 10.9.